The van der Waals surface area contributed by atoms with E-state index >= 15 is 0 Å². The molecule has 18 heavy (non-hydrogen) atoms. The van der Waals surface area contributed by atoms with E-state index in [4.69, 9.17) is 17.3 Å². The molecular formula is C12H16ClN5. The lowest BCUT2D eigenvalue weighted by Crippen LogP contribution is -2.11. The molecule has 0 fully saturated rings. The third-order valence-electron chi connectivity index (χ3n) is 2.92. The van der Waals surface area contributed by atoms with Gasteiger partial charge in [-0.1, -0.05) is 18.5 Å². The minimum atomic E-state index is 0.487. The largest absolute Gasteiger partial charge is 0.383 e. The molecule has 96 valence electrons. The van der Waals surface area contributed by atoms with Crippen molar-refractivity contribution < 1.29 is 0 Å². The maximum atomic E-state index is 6.16. The van der Waals surface area contributed by atoms with Gasteiger partial charge in [0.25, 0.3) is 0 Å². The van der Waals surface area contributed by atoms with Crippen LogP contribution in [0.25, 0.3) is 5.82 Å². The standard InChI is InChI=1S/C12H16ClN5/c1-5-9-15-11(14)6(2)12(16-9)18-8(4)10(13)7(3)17-18/h5H2,1-4H3,(H2,14,15,16). The van der Waals surface area contributed by atoms with Crippen molar-refractivity contribution in [2.75, 3.05) is 5.73 Å². The number of nitrogens with zero attached hydrogens (tertiary/aromatic N) is 4. The van der Waals surface area contributed by atoms with E-state index in [1.807, 2.05) is 27.7 Å². The van der Waals surface area contributed by atoms with Gasteiger partial charge < -0.3 is 5.73 Å². The molecule has 0 aromatic carbocycles. The Labute approximate surface area is 111 Å². The average Bonchev–Trinajstić information content (AvgIpc) is 2.60. The average molecular weight is 266 g/mol. The zero-order valence-corrected chi connectivity index (χ0v) is 11.7. The lowest BCUT2D eigenvalue weighted by Gasteiger charge is -2.10. The number of hydrogen-bond donors (Lipinski definition) is 1. The highest BCUT2D eigenvalue weighted by molar-refractivity contribution is 6.31. The number of rotatable bonds is 2. The lowest BCUT2D eigenvalue weighted by molar-refractivity contribution is 0.776. The second-order valence-electron chi connectivity index (χ2n) is 4.22. The third-order valence-corrected chi connectivity index (χ3v) is 3.47. The van der Waals surface area contributed by atoms with Crippen molar-refractivity contribution in [3.8, 4) is 5.82 Å². The van der Waals surface area contributed by atoms with Crippen molar-refractivity contribution in [1.29, 1.82) is 0 Å². The molecule has 0 bridgehead atoms. The zero-order chi connectivity index (χ0) is 13.4. The molecule has 2 aromatic heterocycles. The summed E-state index contributed by atoms with van der Waals surface area (Å²) in [5.41, 5.74) is 8.36. The van der Waals surface area contributed by atoms with Crippen LogP contribution >= 0.6 is 11.6 Å². The van der Waals surface area contributed by atoms with Gasteiger partial charge in [-0.05, 0) is 20.8 Å². The van der Waals surface area contributed by atoms with E-state index in [2.05, 4.69) is 15.1 Å². The summed E-state index contributed by atoms with van der Waals surface area (Å²) in [5.74, 6) is 1.89. The van der Waals surface area contributed by atoms with Crippen molar-refractivity contribution in [2.45, 2.75) is 34.1 Å². The Morgan fingerprint density at radius 1 is 1.22 bits per heavy atom. The second-order valence-corrected chi connectivity index (χ2v) is 4.60. The Balaban J connectivity index is 2.70. The SMILES string of the molecule is CCc1nc(N)c(C)c(-n2nc(C)c(Cl)c2C)n1. The number of aromatic nitrogens is 4. The predicted octanol–water partition coefficient (Wildman–Crippen LogP) is 2.39. The summed E-state index contributed by atoms with van der Waals surface area (Å²) in [7, 11) is 0. The van der Waals surface area contributed by atoms with Gasteiger partial charge in [0.15, 0.2) is 5.82 Å². The first kappa shape index (κ1) is 12.8. The van der Waals surface area contributed by atoms with E-state index < -0.39 is 0 Å². The number of hydrogen-bond acceptors (Lipinski definition) is 4. The lowest BCUT2D eigenvalue weighted by atomic mass is 10.3. The molecule has 2 aromatic rings. The molecular weight excluding hydrogens is 250 g/mol. The van der Waals surface area contributed by atoms with Gasteiger partial charge in [-0.2, -0.15) is 5.10 Å². The molecule has 0 aliphatic heterocycles. The van der Waals surface area contributed by atoms with Crippen molar-refractivity contribution in [3.63, 3.8) is 0 Å². The van der Waals surface area contributed by atoms with Gasteiger partial charge in [0.05, 0.1) is 16.4 Å². The normalized spacial score (nSPS) is 10.9. The monoisotopic (exact) mass is 265 g/mol. The maximum absolute atomic E-state index is 6.16. The van der Waals surface area contributed by atoms with E-state index in [1.165, 1.54) is 0 Å². The van der Waals surface area contributed by atoms with E-state index in [0.717, 1.165) is 23.4 Å². The molecule has 0 aliphatic carbocycles. The molecule has 0 amide bonds. The van der Waals surface area contributed by atoms with Gasteiger partial charge in [-0.25, -0.2) is 14.6 Å². The van der Waals surface area contributed by atoms with Gasteiger partial charge >= 0.3 is 0 Å². The first-order valence-electron chi connectivity index (χ1n) is 5.80. The number of halogens is 1. The minimum Gasteiger partial charge on any atom is -0.383 e. The van der Waals surface area contributed by atoms with Crippen molar-refractivity contribution in [1.82, 2.24) is 19.7 Å². The molecule has 0 aliphatic rings. The number of nitrogens with two attached hydrogens (primary N) is 1. The molecule has 0 radical (unpaired) electrons. The predicted molar refractivity (Wildman–Crippen MR) is 72.2 cm³/mol. The molecule has 0 atom stereocenters. The van der Waals surface area contributed by atoms with Crippen LogP contribution in [0.15, 0.2) is 0 Å². The fourth-order valence-corrected chi connectivity index (χ4v) is 1.88. The van der Waals surface area contributed by atoms with Crippen LogP contribution < -0.4 is 5.73 Å². The molecule has 0 spiro atoms. The van der Waals surface area contributed by atoms with Gasteiger partial charge in [0.2, 0.25) is 0 Å². The molecule has 2 rings (SSSR count). The minimum absolute atomic E-state index is 0.487. The summed E-state index contributed by atoms with van der Waals surface area (Å²) in [6.45, 7) is 7.65. The van der Waals surface area contributed by atoms with Crippen LogP contribution in [0.1, 0.15) is 29.7 Å². The second kappa shape index (κ2) is 4.57. The molecule has 6 heteroatoms. The van der Waals surface area contributed by atoms with E-state index in [-0.39, 0.29) is 0 Å². The Morgan fingerprint density at radius 3 is 2.39 bits per heavy atom. The van der Waals surface area contributed by atoms with Crippen LogP contribution in [0.5, 0.6) is 0 Å². The van der Waals surface area contributed by atoms with E-state index in [9.17, 15) is 0 Å². The highest BCUT2D eigenvalue weighted by atomic mass is 35.5. The first-order chi connectivity index (χ1) is 8.45. The summed E-state index contributed by atoms with van der Waals surface area (Å²) < 4.78 is 1.73. The van der Waals surface area contributed by atoms with Crippen LogP contribution in [-0.4, -0.2) is 19.7 Å². The molecule has 2 N–H and O–H groups in total. The fraction of sp³-hybridized carbons (Fsp3) is 0.417. The quantitative estimate of drug-likeness (QED) is 0.905. The highest BCUT2D eigenvalue weighted by Gasteiger charge is 2.16. The summed E-state index contributed by atoms with van der Waals surface area (Å²) in [4.78, 5) is 8.72. The molecule has 5 nitrogen and oxygen atoms in total. The third kappa shape index (κ3) is 1.95. The van der Waals surface area contributed by atoms with Crippen molar-refractivity contribution in [3.05, 3.63) is 27.8 Å². The molecule has 0 saturated carbocycles. The summed E-state index contributed by atoms with van der Waals surface area (Å²) in [6.07, 6.45) is 0.727. The smallest absolute Gasteiger partial charge is 0.162 e. The van der Waals surface area contributed by atoms with Crippen molar-refractivity contribution in [2.24, 2.45) is 0 Å². The Kier molecular flexibility index (Phi) is 3.26. The summed E-state index contributed by atoms with van der Waals surface area (Å²) in [6, 6.07) is 0. The fourth-order valence-electron chi connectivity index (χ4n) is 1.76. The van der Waals surface area contributed by atoms with Crippen LogP contribution in [0.3, 0.4) is 0 Å². The van der Waals surface area contributed by atoms with E-state index in [0.29, 0.717) is 22.5 Å². The maximum Gasteiger partial charge on any atom is 0.162 e. The van der Waals surface area contributed by atoms with E-state index in [1.54, 1.807) is 4.68 Å². The van der Waals surface area contributed by atoms with Crippen LogP contribution in [-0.2, 0) is 6.42 Å². The Morgan fingerprint density at radius 2 is 1.89 bits per heavy atom. The van der Waals surface area contributed by atoms with Gasteiger partial charge in [-0.3, -0.25) is 0 Å². The zero-order valence-electron chi connectivity index (χ0n) is 11.0. The number of nitrogen functional groups attached to an aromatic ring is 1. The van der Waals surface area contributed by atoms with Crippen LogP contribution in [0.4, 0.5) is 5.82 Å². The summed E-state index contributed by atoms with van der Waals surface area (Å²) in [5, 5.41) is 5.05. The molecule has 0 saturated heterocycles. The van der Waals surface area contributed by atoms with Crippen molar-refractivity contribution >= 4 is 17.4 Å². The molecule has 0 unspecified atom stereocenters. The summed E-state index contributed by atoms with van der Waals surface area (Å²) >= 11 is 6.16. The number of anilines is 1. The number of aryl methyl sites for hydroxylation is 2. The van der Waals surface area contributed by atoms with Gasteiger partial charge in [0, 0.05) is 12.0 Å². The van der Waals surface area contributed by atoms with Gasteiger partial charge in [0.1, 0.15) is 11.6 Å². The topological polar surface area (TPSA) is 69.6 Å². The Bertz CT molecular complexity index is 603. The molecule has 2 heterocycles. The highest BCUT2D eigenvalue weighted by Crippen LogP contribution is 2.24. The first-order valence-corrected chi connectivity index (χ1v) is 6.18. The Hall–Kier alpha value is -1.62. The van der Waals surface area contributed by atoms with Crippen LogP contribution in [0.2, 0.25) is 5.02 Å². The van der Waals surface area contributed by atoms with Gasteiger partial charge in [-0.15, -0.1) is 0 Å². The van der Waals surface area contributed by atoms with Crippen LogP contribution in [0, 0.1) is 20.8 Å².